The summed E-state index contributed by atoms with van der Waals surface area (Å²) in [6.07, 6.45) is 8.83. The van der Waals surface area contributed by atoms with Gasteiger partial charge in [-0.1, -0.05) is 68.9 Å². The number of hydrogen-bond donors (Lipinski definition) is 3. The fraction of sp³-hybridized carbons (Fsp3) is 0.600. The molecule has 0 radical (unpaired) electrons. The van der Waals surface area contributed by atoms with E-state index >= 15 is 0 Å². The van der Waals surface area contributed by atoms with Gasteiger partial charge < -0.3 is 15.7 Å². The smallest absolute Gasteiger partial charge is 0.315 e. The van der Waals surface area contributed by atoms with Gasteiger partial charge in [0.2, 0.25) is 0 Å². The van der Waals surface area contributed by atoms with Crippen LogP contribution in [0.25, 0.3) is 0 Å². The molecular weight excluding hydrogens is 316 g/mol. The molecule has 1 aromatic rings. The summed E-state index contributed by atoms with van der Waals surface area (Å²) >= 11 is 0. The number of carbonyl (C=O) groups is 2. The van der Waals surface area contributed by atoms with Crippen LogP contribution in [-0.2, 0) is 4.79 Å². The molecule has 0 aliphatic carbocycles. The Hall–Kier alpha value is -2.04. The quantitative estimate of drug-likeness (QED) is 0.454. The van der Waals surface area contributed by atoms with E-state index in [0.29, 0.717) is 6.54 Å². The lowest BCUT2D eigenvalue weighted by molar-refractivity contribution is -0.137. The minimum Gasteiger partial charge on any atom is -0.481 e. The molecule has 25 heavy (non-hydrogen) atoms. The molecule has 0 unspecified atom stereocenters. The van der Waals surface area contributed by atoms with Crippen LogP contribution < -0.4 is 10.6 Å². The third-order valence-electron chi connectivity index (χ3n) is 4.25. The second-order valence-electron chi connectivity index (χ2n) is 6.50. The third kappa shape index (κ3) is 11.2. The first-order valence-electron chi connectivity index (χ1n) is 9.40. The normalized spacial score (nSPS) is 11.7. The van der Waals surface area contributed by atoms with Crippen LogP contribution in [0, 0.1) is 0 Å². The lowest BCUT2D eigenvalue weighted by atomic mass is 10.1. The Kier molecular flexibility index (Phi) is 11.2. The van der Waals surface area contributed by atoms with Crippen molar-refractivity contribution in [3.8, 4) is 0 Å². The summed E-state index contributed by atoms with van der Waals surface area (Å²) in [6, 6.07) is 9.80. The fourth-order valence-electron chi connectivity index (χ4n) is 2.74. The van der Waals surface area contributed by atoms with Crippen LogP contribution >= 0.6 is 0 Å². The van der Waals surface area contributed by atoms with Crippen molar-refractivity contribution >= 4 is 12.0 Å². The molecule has 140 valence electrons. The Labute approximate surface area is 151 Å². The van der Waals surface area contributed by atoms with Gasteiger partial charge in [0.05, 0.1) is 6.04 Å². The maximum absolute atomic E-state index is 11.8. The number of rotatable bonds is 13. The van der Waals surface area contributed by atoms with Crippen LogP contribution in [0.1, 0.15) is 76.3 Å². The van der Waals surface area contributed by atoms with E-state index in [1.807, 2.05) is 37.3 Å². The Bertz CT molecular complexity index is 491. The van der Waals surface area contributed by atoms with Gasteiger partial charge in [0, 0.05) is 13.0 Å². The summed E-state index contributed by atoms with van der Waals surface area (Å²) in [4.78, 5) is 22.2. The molecule has 1 rings (SSSR count). The first kappa shape index (κ1) is 21.0. The van der Waals surface area contributed by atoms with Crippen LogP contribution in [0.5, 0.6) is 0 Å². The SMILES string of the molecule is C[C@@H](NC(=O)NCCCCCCCCCCC(=O)O)c1ccccc1. The predicted molar refractivity (Wildman–Crippen MR) is 101 cm³/mol. The second kappa shape index (κ2) is 13.3. The number of nitrogens with one attached hydrogen (secondary N) is 2. The Morgan fingerprint density at radius 3 is 2.08 bits per heavy atom. The summed E-state index contributed by atoms with van der Waals surface area (Å²) in [5.41, 5.74) is 1.10. The van der Waals surface area contributed by atoms with Crippen LogP contribution in [0.2, 0.25) is 0 Å². The standard InChI is InChI=1S/C20H32N2O3/c1-17(18-13-9-8-10-14-18)22-20(25)21-16-12-7-5-3-2-4-6-11-15-19(23)24/h8-10,13-14,17H,2-7,11-12,15-16H2,1H3,(H,23,24)(H2,21,22,25)/t17-/m1/s1. The Morgan fingerprint density at radius 1 is 0.920 bits per heavy atom. The lowest BCUT2D eigenvalue weighted by Gasteiger charge is -2.15. The molecule has 0 fully saturated rings. The van der Waals surface area contributed by atoms with Crippen LogP contribution in [0.15, 0.2) is 30.3 Å². The van der Waals surface area contributed by atoms with Gasteiger partial charge in [0.25, 0.3) is 0 Å². The van der Waals surface area contributed by atoms with Gasteiger partial charge in [-0.15, -0.1) is 0 Å². The minimum atomic E-state index is -0.699. The molecule has 0 spiro atoms. The highest BCUT2D eigenvalue weighted by atomic mass is 16.4. The minimum absolute atomic E-state index is 0.00215. The van der Waals surface area contributed by atoms with Gasteiger partial charge in [-0.05, 0) is 25.3 Å². The summed E-state index contributed by atoms with van der Waals surface area (Å²) in [5, 5.41) is 14.4. The molecule has 0 saturated carbocycles. The fourth-order valence-corrected chi connectivity index (χ4v) is 2.74. The van der Waals surface area contributed by atoms with Gasteiger partial charge in [-0.25, -0.2) is 4.79 Å². The van der Waals surface area contributed by atoms with Gasteiger partial charge >= 0.3 is 12.0 Å². The molecule has 3 N–H and O–H groups in total. The molecule has 0 heterocycles. The molecule has 5 nitrogen and oxygen atoms in total. The maximum atomic E-state index is 11.8. The van der Waals surface area contributed by atoms with E-state index < -0.39 is 5.97 Å². The maximum Gasteiger partial charge on any atom is 0.315 e. The van der Waals surface area contributed by atoms with E-state index in [0.717, 1.165) is 37.7 Å². The van der Waals surface area contributed by atoms with E-state index in [9.17, 15) is 9.59 Å². The third-order valence-corrected chi connectivity index (χ3v) is 4.25. The Balaban J connectivity index is 1.92. The van der Waals surface area contributed by atoms with Gasteiger partial charge in [-0.2, -0.15) is 0 Å². The van der Waals surface area contributed by atoms with Gasteiger partial charge in [-0.3, -0.25) is 4.79 Å². The van der Waals surface area contributed by atoms with Crippen molar-refractivity contribution in [2.24, 2.45) is 0 Å². The number of amides is 2. The van der Waals surface area contributed by atoms with Crippen LogP contribution in [0.4, 0.5) is 4.79 Å². The molecule has 0 aliphatic heterocycles. The van der Waals surface area contributed by atoms with E-state index in [-0.39, 0.29) is 18.5 Å². The number of urea groups is 1. The molecule has 1 atom stereocenters. The van der Waals surface area contributed by atoms with Gasteiger partial charge in [0.15, 0.2) is 0 Å². The topological polar surface area (TPSA) is 78.4 Å². The monoisotopic (exact) mass is 348 g/mol. The molecule has 2 amide bonds. The Morgan fingerprint density at radius 2 is 1.48 bits per heavy atom. The summed E-state index contributed by atoms with van der Waals surface area (Å²) < 4.78 is 0. The van der Waals surface area contributed by atoms with Crippen molar-refractivity contribution in [1.29, 1.82) is 0 Å². The predicted octanol–water partition coefficient (Wildman–Crippen LogP) is 4.64. The van der Waals surface area contributed by atoms with Crippen LogP contribution in [-0.4, -0.2) is 23.7 Å². The van der Waals surface area contributed by atoms with Crippen molar-refractivity contribution in [1.82, 2.24) is 10.6 Å². The van der Waals surface area contributed by atoms with Crippen molar-refractivity contribution in [3.05, 3.63) is 35.9 Å². The van der Waals surface area contributed by atoms with Crippen molar-refractivity contribution in [3.63, 3.8) is 0 Å². The molecule has 0 bridgehead atoms. The lowest BCUT2D eigenvalue weighted by Crippen LogP contribution is -2.37. The number of unbranched alkanes of at least 4 members (excludes halogenated alkanes) is 7. The molecule has 0 saturated heterocycles. The average molecular weight is 348 g/mol. The highest BCUT2D eigenvalue weighted by Crippen LogP contribution is 2.11. The molecule has 0 aliphatic rings. The highest BCUT2D eigenvalue weighted by molar-refractivity contribution is 5.74. The van der Waals surface area contributed by atoms with Crippen molar-refractivity contribution < 1.29 is 14.7 Å². The highest BCUT2D eigenvalue weighted by Gasteiger charge is 2.07. The molecule has 1 aromatic carbocycles. The number of carboxylic acid groups (broad SMARTS) is 1. The number of benzene rings is 1. The van der Waals surface area contributed by atoms with Gasteiger partial charge in [0.1, 0.15) is 0 Å². The van der Waals surface area contributed by atoms with E-state index in [4.69, 9.17) is 5.11 Å². The molecule has 5 heteroatoms. The van der Waals surface area contributed by atoms with E-state index in [1.165, 1.54) is 19.3 Å². The number of carbonyl (C=O) groups excluding carboxylic acids is 1. The first-order valence-corrected chi connectivity index (χ1v) is 9.40. The van der Waals surface area contributed by atoms with Crippen molar-refractivity contribution in [2.75, 3.05) is 6.54 Å². The van der Waals surface area contributed by atoms with E-state index in [1.54, 1.807) is 0 Å². The largest absolute Gasteiger partial charge is 0.481 e. The second-order valence-corrected chi connectivity index (χ2v) is 6.50. The zero-order valence-electron chi connectivity index (χ0n) is 15.3. The number of aliphatic carboxylic acids is 1. The molecular formula is C20H32N2O3. The first-order chi connectivity index (χ1) is 12.1. The zero-order valence-corrected chi connectivity index (χ0v) is 15.3. The summed E-state index contributed by atoms with van der Waals surface area (Å²) in [5.74, 6) is -0.699. The summed E-state index contributed by atoms with van der Waals surface area (Å²) in [7, 11) is 0. The zero-order chi connectivity index (χ0) is 18.3. The van der Waals surface area contributed by atoms with Crippen LogP contribution in [0.3, 0.4) is 0 Å². The number of carboxylic acids is 1. The number of hydrogen-bond acceptors (Lipinski definition) is 2. The average Bonchev–Trinajstić information content (AvgIpc) is 2.60. The molecule has 0 aromatic heterocycles. The van der Waals surface area contributed by atoms with E-state index in [2.05, 4.69) is 10.6 Å². The van der Waals surface area contributed by atoms with Crippen molar-refractivity contribution in [2.45, 2.75) is 70.8 Å². The summed E-state index contributed by atoms with van der Waals surface area (Å²) in [6.45, 7) is 2.68.